The molecule has 20 heavy (non-hydrogen) atoms. The largest absolute Gasteiger partial charge is 0.398 e. The predicted molar refractivity (Wildman–Crippen MR) is 79.5 cm³/mol. The third kappa shape index (κ3) is 3.30. The predicted octanol–water partition coefficient (Wildman–Crippen LogP) is 2.06. The molecule has 0 saturated carbocycles. The van der Waals surface area contributed by atoms with Crippen LogP contribution in [0.25, 0.3) is 0 Å². The average molecular weight is 295 g/mol. The normalized spacial score (nSPS) is 13.2. The van der Waals surface area contributed by atoms with Gasteiger partial charge in [0.25, 0.3) is 0 Å². The van der Waals surface area contributed by atoms with Crippen molar-refractivity contribution in [1.82, 2.24) is 4.31 Å². The van der Waals surface area contributed by atoms with Crippen molar-refractivity contribution in [2.24, 2.45) is 5.92 Å². The van der Waals surface area contributed by atoms with Gasteiger partial charge in [-0.25, -0.2) is 8.42 Å². The third-order valence-corrected chi connectivity index (χ3v) is 5.29. The van der Waals surface area contributed by atoms with Gasteiger partial charge in [-0.2, -0.15) is 9.57 Å². The van der Waals surface area contributed by atoms with Crippen LogP contribution < -0.4 is 5.73 Å². The van der Waals surface area contributed by atoms with E-state index < -0.39 is 10.0 Å². The monoisotopic (exact) mass is 295 g/mol. The van der Waals surface area contributed by atoms with Crippen LogP contribution in [0.3, 0.4) is 0 Å². The van der Waals surface area contributed by atoms with Gasteiger partial charge in [0, 0.05) is 13.1 Å². The fourth-order valence-electron chi connectivity index (χ4n) is 1.92. The first-order valence-electron chi connectivity index (χ1n) is 6.50. The lowest BCUT2D eigenvalue weighted by Crippen LogP contribution is -2.34. The third-order valence-electron chi connectivity index (χ3n) is 3.29. The Morgan fingerprint density at radius 1 is 1.35 bits per heavy atom. The minimum absolute atomic E-state index is 0.118. The summed E-state index contributed by atoms with van der Waals surface area (Å²) >= 11 is 0. The Kier molecular flexibility index (Phi) is 5.15. The molecule has 1 aromatic rings. The highest BCUT2D eigenvalue weighted by Crippen LogP contribution is 2.26. The van der Waals surface area contributed by atoms with Crippen LogP contribution in [0.2, 0.25) is 0 Å². The summed E-state index contributed by atoms with van der Waals surface area (Å²) in [6.45, 7) is 7.66. The van der Waals surface area contributed by atoms with E-state index >= 15 is 0 Å². The molecule has 0 fully saturated rings. The molecule has 6 heteroatoms. The standard InChI is InChI=1S/C14H21N3O2S/c1-5-17(9-10(2)8-15)20(18,19)14-7-12(4)11(3)6-13(14)16/h6-7,10H,5,9,16H2,1-4H3. The van der Waals surface area contributed by atoms with E-state index in [9.17, 15) is 8.42 Å². The maximum Gasteiger partial charge on any atom is 0.245 e. The number of anilines is 1. The highest BCUT2D eigenvalue weighted by Gasteiger charge is 2.27. The number of nitrogens with two attached hydrogens (primary N) is 1. The van der Waals surface area contributed by atoms with E-state index in [1.807, 2.05) is 13.8 Å². The second-order valence-corrected chi connectivity index (χ2v) is 6.87. The van der Waals surface area contributed by atoms with Gasteiger partial charge in [0.05, 0.1) is 17.7 Å². The number of nitrogen functional groups attached to an aromatic ring is 1. The smallest absolute Gasteiger partial charge is 0.245 e. The lowest BCUT2D eigenvalue weighted by Gasteiger charge is -2.22. The molecular formula is C14H21N3O2S. The van der Waals surface area contributed by atoms with Crippen molar-refractivity contribution in [2.75, 3.05) is 18.8 Å². The molecule has 0 aromatic heterocycles. The minimum atomic E-state index is -3.67. The number of hydrogen-bond donors (Lipinski definition) is 1. The van der Waals surface area contributed by atoms with Gasteiger partial charge in [-0.15, -0.1) is 0 Å². The van der Waals surface area contributed by atoms with Crippen LogP contribution in [0.1, 0.15) is 25.0 Å². The number of aryl methyl sites for hydroxylation is 2. The van der Waals surface area contributed by atoms with Gasteiger partial charge < -0.3 is 5.73 Å². The highest BCUT2D eigenvalue weighted by molar-refractivity contribution is 7.89. The molecule has 0 saturated heterocycles. The molecule has 2 N–H and O–H groups in total. The van der Waals surface area contributed by atoms with Crippen LogP contribution in [0.4, 0.5) is 5.69 Å². The van der Waals surface area contributed by atoms with Crippen molar-refractivity contribution in [3.8, 4) is 6.07 Å². The minimum Gasteiger partial charge on any atom is -0.398 e. The van der Waals surface area contributed by atoms with Crippen LogP contribution in [0.15, 0.2) is 17.0 Å². The summed E-state index contributed by atoms with van der Waals surface area (Å²) in [5, 5.41) is 8.85. The van der Waals surface area contributed by atoms with E-state index in [-0.39, 0.29) is 23.0 Å². The average Bonchev–Trinajstić information content (AvgIpc) is 2.39. The summed E-state index contributed by atoms with van der Waals surface area (Å²) < 4.78 is 26.6. The molecule has 0 bridgehead atoms. The van der Waals surface area contributed by atoms with Gasteiger partial charge in [-0.1, -0.05) is 6.92 Å². The number of rotatable bonds is 5. The van der Waals surface area contributed by atoms with Crippen molar-refractivity contribution in [3.05, 3.63) is 23.3 Å². The van der Waals surface area contributed by atoms with Gasteiger partial charge in [-0.3, -0.25) is 0 Å². The Balaban J connectivity index is 3.28. The SMILES string of the molecule is CCN(CC(C)C#N)S(=O)(=O)c1cc(C)c(C)cc1N. The Labute approximate surface area is 121 Å². The zero-order chi connectivity index (χ0) is 15.5. The molecule has 1 atom stereocenters. The number of sulfonamides is 1. The molecule has 1 rings (SSSR count). The van der Waals surface area contributed by atoms with Crippen LogP contribution in [-0.4, -0.2) is 25.8 Å². The van der Waals surface area contributed by atoms with Gasteiger partial charge in [0.2, 0.25) is 10.0 Å². The summed E-state index contributed by atoms with van der Waals surface area (Å²) in [6.07, 6.45) is 0. The maximum atomic E-state index is 12.6. The van der Waals surface area contributed by atoms with E-state index in [0.717, 1.165) is 11.1 Å². The Morgan fingerprint density at radius 2 is 1.90 bits per heavy atom. The topological polar surface area (TPSA) is 87.2 Å². The molecular weight excluding hydrogens is 274 g/mol. The molecule has 5 nitrogen and oxygen atoms in total. The molecule has 0 heterocycles. The molecule has 1 unspecified atom stereocenters. The zero-order valence-corrected chi connectivity index (χ0v) is 13.2. The summed E-state index contributed by atoms with van der Waals surface area (Å²) in [4.78, 5) is 0.118. The first-order chi connectivity index (χ1) is 9.23. The highest BCUT2D eigenvalue weighted by atomic mass is 32.2. The van der Waals surface area contributed by atoms with Gasteiger partial charge >= 0.3 is 0 Å². The Hall–Kier alpha value is -1.58. The zero-order valence-electron chi connectivity index (χ0n) is 12.3. The van der Waals surface area contributed by atoms with Crippen LogP contribution in [0.5, 0.6) is 0 Å². The van der Waals surface area contributed by atoms with Gasteiger partial charge in [0.1, 0.15) is 4.90 Å². The summed E-state index contributed by atoms with van der Waals surface area (Å²) in [5.41, 5.74) is 7.94. The fourth-order valence-corrected chi connectivity index (χ4v) is 3.64. The lowest BCUT2D eigenvalue weighted by atomic mass is 10.1. The molecule has 1 aromatic carbocycles. The van der Waals surface area contributed by atoms with E-state index in [0.29, 0.717) is 6.54 Å². The maximum absolute atomic E-state index is 12.6. The Bertz CT molecular complexity index is 633. The van der Waals surface area contributed by atoms with E-state index in [1.54, 1.807) is 26.0 Å². The van der Waals surface area contributed by atoms with Gasteiger partial charge in [-0.05, 0) is 44.0 Å². The molecule has 0 radical (unpaired) electrons. The van der Waals surface area contributed by atoms with Gasteiger partial charge in [0.15, 0.2) is 0 Å². The molecule has 0 aliphatic rings. The molecule has 0 spiro atoms. The summed E-state index contributed by atoms with van der Waals surface area (Å²) in [7, 11) is -3.67. The lowest BCUT2D eigenvalue weighted by molar-refractivity contribution is 0.400. The van der Waals surface area contributed by atoms with E-state index in [2.05, 4.69) is 6.07 Å². The molecule has 0 amide bonds. The van der Waals surface area contributed by atoms with Crippen molar-refractivity contribution >= 4 is 15.7 Å². The van der Waals surface area contributed by atoms with Crippen molar-refractivity contribution in [2.45, 2.75) is 32.6 Å². The quantitative estimate of drug-likeness (QED) is 0.842. The number of benzene rings is 1. The van der Waals surface area contributed by atoms with Crippen molar-refractivity contribution in [1.29, 1.82) is 5.26 Å². The van der Waals surface area contributed by atoms with Crippen LogP contribution >= 0.6 is 0 Å². The van der Waals surface area contributed by atoms with Crippen molar-refractivity contribution < 1.29 is 8.42 Å². The first-order valence-corrected chi connectivity index (χ1v) is 7.94. The second kappa shape index (κ2) is 6.25. The van der Waals surface area contributed by atoms with E-state index in [1.165, 1.54) is 4.31 Å². The molecule has 0 aliphatic heterocycles. The van der Waals surface area contributed by atoms with Crippen LogP contribution in [0, 0.1) is 31.1 Å². The number of hydrogen-bond acceptors (Lipinski definition) is 4. The summed E-state index contributed by atoms with van der Waals surface area (Å²) in [5.74, 6) is -0.363. The molecule has 0 aliphatic carbocycles. The Morgan fingerprint density at radius 3 is 2.40 bits per heavy atom. The number of nitrogens with zero attached hydrogens (tertiary/aromatic N) is 2. The van der Waals surface area contributed by atoms with Crippen LogP contribution in [-0.2, 0) is 10.0 Å². The van der Waals surface area contributed by atoms with E-state index in [4.69, 9.17) is 11.0 Å². The first kappa shape index (κ1) is 16.5. The fraction of sp³-hybridized carbons (Fsp3) is 0.500. The number of nitriles is 1. The van der Waals surface area contributed by atoms with Crippen molar-refractivity contribution in [3.63, 3.8) is 0 Å². The second-order valence-electron chi connectivity index (χ2n) is 4.96. The summed E-state index contributed by atoms with van der Waals surface area (Å²) in [6, 6.07) is 5.32. The molecule has 110 valence electrons.